The topological polar surface area (TPSA) is 149 Å². The van der Waals surface area contributed by atoms with E-state index >= 15 is 0 Å². The number of hydrogen-bond acceptors (Lipinski definition) is 10. The van der Waals surface area contributed by atoms with E-state index in [1.165, 1.54) is 13.3 Å². The summed E-state index contributed by atoms with van der Waals surface area (Å²) in [7, 11) is 2.82. The molecule has 1 aliphatic heterocycles. The number of esters is 1. The molecule has 1 heterocycles. The van der Waals surface area contributed by atoms with Crippen LogP contribution in [0.5, 0.6) is 23.0 Å². The highest BCUT2D eigenvalue weighted by molar-refractivity contribution is 9.10. The van der Waals surface area contributed by atoms with Crippen molar-refractivity contribution < 1.29 is 38.4 Å². The lowest BCUT2D eigenvalue weighted by Crippen LogP contribution is -2.45. The second-order valence-electron chi connectivity index (χ2n) is 8.37. The number of nitrogens with one attached hydrogen (secondary N) is 3. The quantitative estimate of drug-likeness (QED) is 0.114. The minimum Gasteiger partial charge on any atom is -0.493 e. The summed E-state index contributed by atoms with van der Waals surface area (Å²) < 4.78 is 28.3. The molecule has 3 rings (SSSR count). The van der Waals surface area contributed by atoms with Crippen LogP contribution in [0.1, 0.15) is 37.9 Å². The van der Waals surface area contributed by atoms with Crippen molar-refractivity contribution in [3.63, 3.8) is 0 Å². The molecule has 0 bridgehead atoms. The molecule has 2 aromatic rings. The Labute approximate surface area is 240 Å². The zero-order valence-electron chi connectivity index (χ0n) is 22.9. The highest BCUT2D eigenvalue weighted by atomic mass is 79.9. The van der Waals surface area contributed by atoms with Gasteiger partial charge in [-0.3, -0.25) is 5.43 Å². The second kappa shape index (κ2) is 14.4. The van der Waals surface area contributed by atoms with Crippen LogP contribution < -0.4 is 35.0 Å². The van der Waals surface area contributed by atoms with Crippen LogP contribution in [-0.4, -0.2) is 63.6 Å². The van der Waals surface area contributed by atoms with Gasteiger partial charge in [0.2, 0.25) is 0 Å². The van der Waals surface area contributed by atoms with E-state index in [1.807, 2.05) is 19.9 Å². The van der Waals surface area contributed by atoms with Crippen LogP contribution in [0, 0.1) is 0 Å². The first-order chi connectivity index (χ1) is 19.2. The van der Waals surface area contributed by atoms with Gasteiger partial charge in [0.05, 0.1) is 45.3 Å². The summed E-state index contributed by atoms with van der Waals surface area (Å²) in [4.78, 5) is 24.5. The molecule has 0 aromatic heterocycles. The van der Waals surface area contributed by atoms with E-state index in [2.05, 4.69) is 37.1 Å². The average molecular weight is 621 g/mol. The molecule has 216 valence electrons. The molecule has 0 unspecified atom stereocenters. The van der Waals surface area contributed by atoms with Gasteiger partial charge < -0.3 is 39.4 Å². The Balaban J connectivity index is 1.73. The number of amides is 2. The van der Waals surface area contributed by atoms with Crippen molar-refractivity contribution in [3.05, 3.63) is 57.2 Å². The number of allylic oxidation sites excluding steroid dienone is 1. The molecule has 0 fully saturated rings. The largest absolute Gasteiger partial charge is 0.493 e. The van der Waals surface area contributed by atoms with Gasteiger partial charge in [0.1, 0.15) is 6.61 Å². The summed E-state index contributed by atoms with van der Waals surface area (Å²) in [6.07, 6.45) is 0.346. The fourth-order valence-corrected chi connectivity index (χ4v) is 4.40. The van der Waals surface area contributed by atoms with Crippen LogP contribution in [0.3, 0.4) is 0 Å². The summed E-state index contributed by atoms with van der Waals surface area (Å²) in [5.74, 6) is 1.22. The van der Waals surface area contributed by atoms with Crippen LogP contribution in [0.4, 0.5) is 4.79 Å². The van der Waals surface area contributed by atoms with Gasteiger partial charge in [-0.15, -0.1) is 0 Å². The van der Waals surface area contributed by atoms with Gasteiger partial charge in [-0.25, -0.2) is 9.59 Å². The van der Waals surface area contributed by atoms with Crippen molar-refractivity contribution >= 4 is 34.1 Å². The number of urea groups is 1. The van der Waals surface area contributed by atoms with Crippen molar-refractivity contribution in [2.45, 2.75) is 33.0 Å². The molecule has 0 saturated carbocycles. The Kier molecular flexibility index (Phi) is 11.0. The Morgan fingerprint density at radius 3 is 2.55 bits per heavy atom. The Bertz CT molecular complexity index is 1280. The predicted molar refractivity (Wildman–Crippen MR) is 151 cm³/mol. The van der Waals surface area contributed by atoms with Crippen LogP contribution in [-0.2, 0) is 9.53 Å². The number of hydrazone groups is 1. The number of methoxy groups -OCH3 is 2. The summed E-state index contributed by atoms with van der Waals surface area (Å²) >= 11 is 3.43. The molecule has 40 heavy (non-hydrogen) atoms. The van der Waals surface area contributed by atoms with Gasteiger partial charge in [0.25, 0.3) is 0 Å². The van der Waals surface area contributed by atoms with Gasteiger partial charge in [-0.2, -0.15) is 5.10 Å². The van der Waals surface area contributed by atoms with Crippen LogP contribution in [0.2, 0.25) is 0 Å². The van der Waals surface area contributed by atoms with E-state index in [4.69, 9.17) is 23.7 Å². The minimum absolute atomic E-state index is 0.159. The molecule has 12 nitrogen and oxygen atoms in total. The third-order valence-corrected chi connectivity index (χ3v) is 6.11. The van der Waals surface area contributed by atoms with Gasteiger partial charge in [-0.1, -0.05) is 22.0 Å². The zero-order chi connectivity index (χ0) is 29.2. The molecule has 2 atom stereocenters. The number of ether oxygens (including phenoxy) is 5. The lowest BCUT2D eigenvalue weighted by Gasteiger charge is -2.28. The lowest BCUT2D eigenvalue weighted by atomic mass is 9.95. The molecule has 1 aliphatic rings. The monoisotopic (exact) mass is 620 g/mol. The van der Waals surface area contributed by atoms with Crippen molar-refractivity contribution in [1.82, 2.24) is 16.1 Å². The average Bonchev–Trinajstić information content (AvgIpc) is 2.92. The fraction of sp³-hybridized carbons (Fsp3) is 0.370. The number of halogens is 1. The molecule has 0 spiro atoms. The first-order valence-corrected chi connectivity index (χ1v) is 13.2. The predicted octanol–water partition coefficient (Wildman–Crippen LogP) is 3.38. The first-order valence-electron chi connectivity index (χ1n) is 12.4. The number of aliphatic hydroxyl groups is 1. The molecule has 2 amide bonds. The maximum absolute atomic E-state index is 12.4. The number of nitrogens with zero attached hydrogens (tertiary/aromatic N) is 1. The first kappa shape index (κ1) is 30.6. The summed E-state index contributed by atoms with van der Waals surface area (Å²) in [6, 6.07) is 7.39. The highest BCUT2D eigenvalue weighted by Crippen LogP contribution is 2.35. The van der Waals surface area contributed by atoms with Crippen molar-refractivity contribution in [3.8, 4) is 23.0 Å². The van der Waals surface area contributed by atoms with Crippen LogP contribution in [0.25, 0.3) is 0 Å². The number of benzene rings is 2. The SMILES string of the molecule is CCOc1cc([C@@H]2NC(=O)NC(C)=C2C(=O)OC)ccc1OC[C@H](O)N/N=C/c1cc(Br)cc(OC)c1OCC. The van der Waals surface area contributed by atoms with Gasteiger partial charge in [-0.05, 0) is 50.6 Å². The molecule has 0 saturated heterocycles. The summed E-state index contributed by atoms with van der Waals surface area (Å²) in [5, 5.41) is 19.8. The summed E-state index contributed by atoms with van der Waals surface area (Å²) in [5.41, 5.74) is 4.50. The summed E-state index contributed by atoms with van der Waals surface area (Å²) in [6.45, 7) is 5.91. The number of hydrogen-bond donors (Lipinski definition) is 4. The maximum atomic E-state index is 12.4. The Hall–Kier alpha value is -3.97. The fourth-order valence-electron chi connectivity index (χ4n) is 3.95. The van der Waals surface area contributed by atoms with E-state index in [-0.39, 0.29) is 12.2 Å². The van der Waals surface area contributed by atoms with E-state index in [9.17, 15) is 14.7 Å². The number of aliphatic hydroxyl groups excluding tert-OH is 1. The number of carbonyl (C=O) groups excluding carboxylic acids is 2. The molecule has 0 radical (unpaired) electrons. The zero-order valence-corrected chi connectivity index (χ0v) is 24.5. The molecular weight excluding hydrogens is 588 g/mol. The van der Waals surface area contributed by atoms with Crippen LogP contribution >= 0.6 is 15.9 Å². The number of rotatable bonds is 13. The normalized spacial score (nSPS) is 15.7. The highest BCUT2D eigenvalue weighted by Gasteiger charge is 2.32. The van der Waals surface area contributed by atoms with E-state index in [0.717, 1.165) is 4.47 Å². The molecule has 0 aliphatic carbocycles. The van der Waals surface area contributed by atoms with Gasteiger partial charge in [0.15, 0.2) is 29.2 Å². The Morgan fingerprint density at radius 1 is 1.12 bits per heavy atom. The van der Waals surface area contributed by atoms with Gasteiger partial charge >= 0.3 is 12.0 Å². The smallest absolute Gasteiger partial charge is 0.337 e. The minimum atomic E-state index is -1.16. The molecule has 4 N–H and O–H groups in total. The van der Waals surface area contributed by atoms with Crippen LogP contribution in [0.15, 0.2) is 51.2 Å². The maximum Gasteiger partial charge on any atom is 0.337 e. The lowest BCUT2D eigenvalue weighted by molar-refractivity contribution is -0.136. The Morgan fingerprint density at radius 2 is 1.88 bits per heavy atom. The van der Waals surface area contributed by atoms with Crippen molar-refractivity contribution in [2.24, 2.45) is 5.10 Å². The third kappa shape index (κ3) is 7.57. The van der Waals surface area contributed by atoms with E-state index in [0.29, 0.717) is 53.0 Å². The van der Waals surface area contributed by atoms with Crippen molar-refractivity contribution in [2.75, 3.05) is 34.0 Å². The number of carbonyl (C=O) groups is 2. The third-order valence-electron chi connectivity index (χ3n) is 5.66. The molecule has 13 heteroatoms. The van der Waals surface area contributed by atoms with Gasteiger partial charge in [0, 0.05) is 15.7 Å². The van der Waals surface area contributed by atoms with E-state index in [1.54, 1.807) is 38.3 Å². The molecule has 2 aromatic carbocycles. The molecular formula is C27H33BrN4O8. The van der Waals surface area contributed by atoms with E-state index < -0.39 is 24.3 Å². The van der Waals surface area contributed by atoms with Crippen molar-refractivity contribution in [1.29, 1.82) is 0 Å². The second-order valence-corrected chi connectivity index (χ2v) is 9.29. The standard InChI is InChI=1S/C27H33BrN4O8/c1-6-38-20-11-16(24-23(26(34)37-5)15(3)30-27(35)31-24)8-9-19(20)40-14-22(33)32-29-13-17-10-18(28)12-21(36-4)25(17)39-7-2/h8-13,22,24,32-33H,6-7,14H2,1-5H3,(H2,30,31,35)/b29-13+/t22-,24-/m0/s1.